The number of nitrogens with zero attached hydrogens (tertiary/aromatic N) is 2. The lowest BCUT2D eigenvalue weighted by Crippen LogP contribution is -2.48. The number of carboxylic acid groups (broad SMARTS) is 1. The molecule has 2 aliphatic rings. The molecule has 2 atom stereocenters. The summed E-state index contributed by atoms with van der Waals surface area (Å²) in [5.74, 6) is -0.570. The minimum Gasteiger partial charge on any atom is -0.481 e. The lowest BCUT2D eigenvalue weighted by Gasteiger charge is -2.38. The van der Waals surface area contributed by atoms with E-state index < -0.39 is 5.97 Å². The first-order valence-corrected chi connectivity index (χ1v) is 9.44. The van der Waals surface area contributed by atoms with Crippen LogP contribution in [0.5, 0.6) is 0 Å². The van der Waals surface area contributed by atoms with Gasteiger partial charge in [0.1, 0.15) is 0 Å². The average molecular weight is 357 g/mol. The van der Waals surface area contributed by atoms with Crippen LogP contribution in [0.3, 0.4) is 0 Å². The first kappa shape index (κ1) is 18.4. The molecular weight excluding hydrogens is 330 g/mol. The molecule has 0 unspecified atom stereocenters. The Kier molecular flexibility index (Phi) is 5.91. The van der Waals surface area contributed by atoms with Gasteiger partial charge in [-0.25, -0.2) is 4.79 Å². The lowest BCUT2D eigenvalue weighted by atomic mass is 9.78. The van der Waals surface area contributed by atoms with Crippen LogP contribution in [0.1, 0.15) is 37.3 Å². The van der Waals surface area contributed by atoms with Crippen molar-refractivity contribution in [3.05, 3.63) is 35.4 Å². The summed E-state index contributed by atoms with van der Waals surface area (Å²) in [4.78, 5) is 30.1. The molecule has 2 N–H and O–H groups in total. The SMILES string of the molecule is CCNC(=O)N1CC[C@@H](CC(=O)O)[C@@H](CC2=NCCc3ccccc32)C1. The van der Waals surface area contributed by atoms with Crippen LogP contribution in [0.25, 0.3) is 0 Å². The number of rotatable bonds is 5. The van der Waals surface area contributed by atoms with E-state index >= 15 is 0 Å². The smallest absolute Gasteiger partial charge is 0.317 e. The van der Waals surface area contributed by atoms with Crippen LogP contribution >= 0.6 is 0 Å². The summed E-state index contributed by atoms with van der Waals surface area (Å²) in [6.45, 7) is 4.48. The molecule has 2 amide bonds. The molecule has 0 aromatic heterocycles. The molecule has 26 heavy (non-hydrogen) atoms. The van der Waals surface area contributed by atoms with E-state index in [-0.39, 0.29) is 24.3 Å². The van der Waals surface area contributed by atoms with E-state index in [2.05, 4.69) is 17.4 Å². The van der Waals surface area contributed by atoms with Crippen molar-refractivity contribution in [3.63, 3.8) is 0 Å². The first-order chi connectivity index (χ1) is 12.6. The minimum absolute atomic E-state index is 0.0581. The van der Waals surface area contributed by atoms with Crippen molar-refractivity contribution in [1.82, 2.24) is 10.2 Å². The molecule has 3 rings (SSSR count). The third kappa shape index (κ3) is 4.23. The van der Waals surface area contributed by atoms with Gasteiger partial charge in [0, 0.05) is 38.3 Å². The number of fused-ring (bicyclic) bond motifs is 1. The highest BCUT2D eigenvalue weighted by atomic mass is 16.4. The Morgan fingerprint density at radius 3 is 2.88 bits per heavy atom. The molecule has 1 aromatic carbocycles. The standard InChI is InChI=1S/C20H27N3O3/c1-2-21-20(26)23-10-8-15(12-19(24)25)16(13-23)11-18-17-6-4-3-5-14(17)7-9-22-18/h3-6,15-16H,2,7-13H2,1H3,(H,21,26)(H,24,25)/t15-,16-/m0/s1. The lowest BCUT2D eigenvalue weighted by molar-refractivity contribution is -0.138. The molecule has 0 radical (unpaired) electrons. The van der Waals surface area contributed by atoms with E-state index in [9.17, 15) is 14.7 Å². The maximum absolute atomic E-state index is 12.2. The van der Waals surface area contributed by atoms with Crippen molar-refractivity contribution in [2.45, 2.75) is 32.6 Å². The Morgan fingerprint density at radius 1 is 1.31 bits per heavy atom. The number of aliphatic carboxylic acids is 1. The Balaban J connectivity index is 1.77. The number of benzene rings is 1. The Hall–Kier alpha value is -2.37. The number of piperidine rings is 1. The monoisotopic (exact) mass is 357 g/mol. The number of urea groups is 1. The van der Waals surface area contributed by atoms with Gasteiger partial charge in [0.15, 0.2) is 0 Å². The number of amides is 2. The summed E-state index contributed by atoms with van der Waals surface area (Å²) in [6.07, 6.45) is 2.56. The Bertz CT molecular complexity index is 701. The quantitative estimate of drug-likeness (QED) is 0.850. The van der Waals surface area contributed by atoms with Crippen LogP contribution in [0.2, 0.25) is 0 Å². The zero-order chi connectivity index (χ0) is 18.5. The molecule has 0 bridgehead atoms. The van der Waals surface area contributed by atoms with Gasteiger partial charge in [-0.2, -0.15) is 0 Å². The molecule has 0 spiro atoms. The molecule has 140 valence electrons. The van der Waals surface area contributed by atoms with Crippen molar-refractivity contribution in [1.29, 1.82) is 0 Å². The van der Waals surface area contributed by atoms with Gasteiger partial charge in [0.2, 0.25) is 0 Å². The van der Waals surface area contributed by atoms with Crippen molar-refractivity contribution in [3.8, 4) is 0 Å². The van der Waals surface area contributed by atoms with Gasteiger partial charge in [0.25, 0.3) is 0 Å². The normalized spacial score (nSPS) is 22.3. The predicted octanol–water partition coefficient (Wildman–Crippen LogP) is 2.56. The van der Waals surface area contributed by atoms with Crippen LogP contribution in [0.4, 0.5) is 4.79 Å². The van der Waals surface area contributed by atoms with Crippen LogP contribution < -0.4 is 5.32 Å². The third-order valence-electron chi connectivity index (χ3n) is 5.41. The number of hydrogen-bond acceptors (Lipinski definition) is 3. The number of nitrogens with one attached hydrogen (secondary N) is 1. The molecular formula is C20H27N3O3. The van der Waals surface area contributed by atoms with E-state index in [1.54, 1.807) is 0 Å². The number of carbonyl (C=O) groups is 2. The molecule has 1 aromatic rings. The second kappa shape index (κ2) is 8.34. The van der Waals surface area contributed by atoms with Gasteiger partial charge in [-0.15, -0.1) is 0 Å². The molecule has 0 saturated carbocycles. The van der Waals surface area contributed by atoms with Gasteiger partial charge in [0.05, 0.1) is 0 Å². The van der Waals surface area contributed by atoms with Gasteiger partial charge < -0.3 is 15.3 Å². The summed E-state index contributed by atoms with van der Waals surface area (Å²) in [5.41, 5.74) is 3.55. The van der Waals surface area contributed by atoms with Crippen molar-refractivity contribution in [2.24, 2.45) is 16.8 Å². The number of carbonyl (C=O) groups excluding carboxylic acids is 1. The van der Waals surface area contributed by atoms with Crippen molar-refractivity contribution >= 4 is 17.7 Å². The maximum Gasteiger partial charge on any atom is 0.317 e. The number of hydrogen-bond donors (Lipinski definition) is 2. The Labute approximate surface area is 154 Å². The number of aliphatic imine (C=N–C) groups is 1. The fourth-order valence-electron chi connectivity index (χ4n) is 4.09. The van der Waals surface area contributed by atoms with E-state index in [0.29, 0.717) is 19.6 Å². The highest BCUT2D eigenvalue weighted by Crippen LogP contribution is 2.32. The average Bonchev–Trinajstić information content (AvgIpc) is 2.63. The second-order valence-electron chi connectivity index (χ2n) is 7.13. The van der Waals surface area contributed by atoms with Crippen LogP contribution in [-0.2, 0) is 11.2 Å². The summed E-state index contributed by atoms with van der Waals surface area (Å²) in [6, 6.07) is 8.25. The van der Waals surface area contributed by atoms with Crippen LogP contribution in [0, 0.1) is 11.8 Å². The number of carboxylic acids is 1. The minimum atomic E-state index is -0.766. The van der Waals surface area contributed by atoms with E-state index in [4.69, 9.17) is 4.99 Å². The fourth-order valence-corrected chi connectivity index (χ4v) is 4.09. The molecule has 0 aliphatic carbocycles. The van der Waals surface area contributed by atoms with Crippen molar-refractivity contribution in [2.75, 3.05) is 26.2 Å². The van der Waals surface area contributed by atoms with Gasteiger partial charge >= 0.3 is 12.0 Å². The van der Waals surface area contributed by atoms with Gasteiger partial charge in [-0.05, 0) is 49.1 Å². The largest absolute Gasteiger partial charge is 0.481 e. The fraction of sp³-hybridized carbons (Fsp3) is 0.550. The molecule has 1 saturated heterocycles. The summed E-state index contributed by atoms with van der Waals surface area (Å²) in [7, 11) is 0. The molecule has 6 heteroatoms. The summed E-state index contributed by atoms with van der Waals surface area (Å²) in [5, 5.41) is 12.1. The highest BCUT2D eigenvalue weighted by Gasteiger charge is 2.34. The Morgan fingerprint density at radius 2 is 2.12 bits per heavy atom. The molecule has 1 fully saturated rings. The zero-order valence-electron chi connectivity index (χ0n) is 15.3. The molecule has 6 nitrogen and oxygen atoms in total. The summed E-state index contributed by atoms with van der Waals surface area (Å²) < 4.78 is 0. The highest BCUT2D eigenvalue weighted by molar-refractivity contribution is 6.02. The van der Waals surface area contributed by atoms with Crippen LogP contribution in [0.15, 0.2) is 29.3 Å². The molecule has 2 heterocycles. The topological polar surface area (TPSA) is 82.0 Å². The van der Waals surface area contributed by atoms with Crippen molar-refractivity contribution < 1.29 is 14.7 Å². The van der Waals surface area contributed by atoms with E-state index in [0.717, 1.165) is 31.5 Å². The first-order valence-electron chi connectivity index (χ1n) is 9.44. The molecule has 2 aliphatic heterocycles. The number of likely N-dealkylation sites (tertiary alicyclic amines) is 1. The van der Waals surface area contributed by atoms with E-state index in [1.165, 1.54) is 11.1 Å². The maximum atomic E-state index is 12.2. The predicted molar refractivity (Wildman–Crippen MR) is 101 cm³/mol. The summed E-state index contributed by atoms with van der Waals surface area (Å²) >= 11 is 0. The van der Waals surface area contributed by atoms with Gasteiger partial charge in [-0.3, -0.25) is 9.79 Å². The van der Waals surface area contributed by atoms with Gasteiger partial charge in [-0.1, -0.05) is 24.3 Å². The zero-order valence-corrected chi connectivity index (χ0v) is 15.3. The second-order valence-corrected chi connectivity index (χ2v) is 7.13. The third-order valence-corrected chi connectivity index (χ3v) is 5.41. The van der Waals surface area contributed by atoms with E-state index in [1.807, 2.05) is 24.0 Å². The van der Waals surface area contributed by atoms with Crippen LogP contribution in [-0.4, -0.2) is 53.9 Å².